The van der Waals surface area contributed by atoms with Gasteiger partial charge in [0.15, 0.2) is 5.69 Å². The molecule has 0 spiro atoms. The highest BCUT2D eigenvalue weighted by atomic mass is 16.5. The molecule has 1 heterocycles. The smallest absolute Gasteiger partial charge is 0.337 e. The minimum Gasteiger partial charge on any atom is -0.465 e. The lowest BCUT2D eigenvalue weighted by molar-refractivity contribution is 0.0600. The number of esters is 1. The Morgan fingerprint density at radius 2 is 2.25 bits per heavy atom. The number of carbonyl (C=O) groups excluding carboxylic acids is 1. The predicted octanol–water partition coefficient (Wildman–Crippen LogP) is 1.75. The zero-order valence-electron chi connectivity index (χ0n) is 10.8. The molecule has 100 valence electrons. The molecule has 0 amide bonds. The maximum absolute atomic E-state index is 11.4. The Morgan fingerprint density at radius 3 is 2.90 bits per heavy atom. The van der Waals surface area contributed by atoms with Crippen molar-refractivity contribution >= 4 is 11.8 Å². The van der Waals surface area contributed by atoms with E-state index in [1.807, 2.05) is 12.1 Å². The molecule has 1 aromatic carbocycles. The van der Waals surface area contributed by atoms with E-state index in [1.54, 1.807) is 18.2 Å². The normalized spacial score (nSPS) is 9.60. The minimum absolute atomic E-state index is 0.267. The summed E-state index contributed by atoms with van der Waals surface area (Å²) in [7, 11) is 1.35. The molecule has 0 aliphatic heterocycles. The molecule has 6 heteroatoms. The number of anilines is 1. The average Bonchev–Trinajstić information content (AvgIpc) is 2.53. The van der Waals surface area contributed by atoms with Crippen LogP contribution in [0.15, 0.2) is 36.7 Å². The number of carbonyl (C=O) groups is 1. The fourth-order valence-corrected chi connectivity index (χ4v) is 1.60. The van der Waals surface area contributed by atoms with Crippen LogP contribution in [-0.2, 0) is 11.3 Å². The van der Waals surface area contributed by atoms with Crippen LogP contribution in [0.2, 0.25) is 0 Å². The molecule has 0 aliphatic rings. The lowest BCUT2D eigenvalue weighted by Crippen LogP contribution is -2.05. The molecule has 1 aromatic heterocycles. The van der Waals surface area contributed by atoms with E-state index in [4.69, 9.17) is 5.26 Å². The quantitative estimate of drug-likeness (QED) is 0.850. The van der Waals surface area contributed by atoms with Crippen LogP contribution >= 0.6 is 0 Å². The average molecular weight is 268 g/mol. The highest BCUT2D eigenvalue weighted by molar-refractivity contribution is 5.89. The first kappa shape index (κ1) is 13.5. The molecule has 0 atom stereocenters. The summed E-state index contributed by atoms with van der Waals surface area (Å²) in [6, 6.07) is 9.01. The monoisotopic (exact) mass is 268 g/mol. The van der Waals surface area contributed by atoms with E-state index in [2.05, 4.69) is 20.0 Å². The van der Waals surface area contributed by atoms with Gasteiger partial charge in [-0.05, 0) is 17.7 Å². The van der Waals surface area contributed by atoms with Crippen molar-refractivity contribution < 1.29 is 9.53 Å². The number of methoxy groups -OCH3 is 1. The van der Waals surface area contributed by atoms with Crippen molar-refractivity contribution in [3.63, 3.8) is 0 Å². The van der Waals surface area contributed by atoms with Gasteiger partial charge in [0.25, 0.3) is 0 Å². The number of hydrogen-bond acceptors (Lipinski definition) is 6. The van der Waals surface area contributed by atoms with Crippen LogP contribution in [0.25, 0.3) is 0 Å². The van der Waals surface area contributed by atoms with Gasteiger partial charge in [0.1, 0.15) is 11.9 Å². The molecule has 20 heavy (non-hydrogen) atoms. The van der Waals surface area contributed by atoms with Crippen molar-refractivity contribution in [1.29, 1.82) is 5.26 Å². The van der Waals surface area contributed by atoms with Gasteiger partial charge in [-0.2, -0.15) is 5.26 Å². The van der Waals surface area contributed by atoms with Crippen LogP contribution in [0, 0.1) is 11.3 Å². The summed E-state index contributed by atoms with van der Waals surface area (Å²) in [6.45, 7) is 0.491. The van der Waals surface area contributed by atoms with Crippen molar-refractivity contribution in [2.45, 2.75) is 6.54 Å². The third kappa shape index (κ3) is 3.29. The number of nitriles is 1. The summed E-state index contributed by atoms with van der Waals surface area (Å²) in [5.74, 6) is 0.192. The number of nitrogens with one attached hydrogen (secondary N) is 1. The molecular weight excluding hydrogens is 256 g/mol. The highest BCUT2D eigenvalue weighted by Crippen LogP contribution is 2.09. The van der Waals surface area contributed by atoms with Crippen molar-refractivity contribution in [2.75, 3.05) is 12.4 Å². The van der Waals surface area contributed by atoms with Gasteiger partial charge in [-0.15, -0.1) is 0 Å². The van der Waals surface area contributed by atoms with Gasteiger partial charge in [0.2, 0.25) is 0 Å². The van der Waals surface area contributed by atoms with Crippen molar-refractivity contribution in [1.82, 2.24) is 9.97 Å². The number of rotatable bonds is 4. The maximum Gasteiger partial charge on any atom is 0.337 e. The number of nitrogens with zero attached hydrogens (tertiary/aromatic N) is 3. The molecule has 0 bridgehead atoms. The number of benzene rings is 1. The number of ether oxygens (including phenoxy) is 1. The number of hydrogen-bond donors (Lipinski definition) is 1. The van der Waals surface area contributed by atoms with Crippen molar-refractivity contribution in [3.05, 3.63) is 53.5 Å². The second-order valence-corrected chi connectivity index (χ2v) is 3.94. The third-order valence-corrected chi connectivity index (χ3v) is 2.59. The standard InChI is InChI=1S/C14H12N4O2/c1-20-14(19)11-4-2-3-10(5-11)7-17-13-9-16-12(6-15)8-18-13/h2-5,8-9H,7H2,1H3,(H,17,18). The fraction of sp³-hybridized carbons (Fsp3) is 0.143. The van der Waals surface area contributed by atoms with E-state index in [-0.39, 0.29) is 11.7 Å². The second kappa shape index (κ2) is 6.29. The van der Waals surface area contributed by atoms with Gasteiger partial charge >= 0.3 is 5.97 Å². The van der Waals surface area contributed by atoms with Crippen LogP contribution in [0.4, 0.5) is 5.82 Å². The Kier molecular flexibility index (Phi) is 4.24. The van der Waals surface area contributed by atoms with Gasteiger partial charge in [-0.25, -0.2) is 14.8 Å². The summed E-state index contributed by atoms with van der Waals surface area (Å²) in [4.78, 5) is 19.4. The van der Waals surface area contributed by atoms with E-state index in [0.717, 1.165) is 5.56 Å². The van der Waals surface area contributed by atoms with Crippen LogP contribution in [-0.4, -0.2) is 23.0 Å². The second-order valence-electron chi connectivity index (χ2n) is 3.94. The Hall–Kier alpha value is -2.94. The Labute approximate surface area is 116 Å². The highest BCUT2D eigenvalue weighted by Gasteiger charge is 2.05. The Bertz CT molecular complexity index is 647. The van der Waals surface area contributed by atoms with E-state index in [0.29, 0.717) is 17.9 Å². The molecule has 0 aliphatic carbocycles. The molecule has 0 saturated heterocycles. The summed E-state index contributed by atoms with van der Waals surface area (Å²) in [5.41, 5.74) is 1.68. The molecule has 0 fully saturated rings. The first-order valence-electron chi connectivity index (χ1n) is 5.86. The Balaban J connectivity index is 2.03. The van der Waals surface area contributed by atoms with E-state index in [9.17, 15) is 4.79 Å². The first-order chi connectivity index (χ1) is 9.72. The van der Waals surface area contributed by atoms with E-state index in [1.165, 1.54) is 19.5 Å². The first-order valence-corrected chi connectivity index (χ1v) is 5.86. The van der Waals surface area contributed by atoms with Gasteiger partial charge in [0, 0.05) is 6.54 Å². The Morgan fingerprint density at radius 1 is 1.40 bits per heavy atom. The summed E-state index contributed by atoms with van der Waals surface area (Å²) in [5, 5.41) is 11.7. The summed E-state index contributed by atoms with van der Waals surface area (Å²) >= 11 is 0. The molecule has 0 radical (unpaired) electrons. The molecule has 0 unspecified atom stereocenters. The van der Waals surface area contributed by atoms with Crippen LogP contribution in [0.3, 0.4) is 0 Å². The minimum atomic E-state index is -0.370. The lowest BCUT2D eigenvalue weighted by atomic mass is 10.1. The van der Waals surface area contributed by atoms with E-state index < -0.39 is 0 Å². The van der Waals surface area contributed by atoms with Crippen molar-refractivity contribution in [3.8, 4) is 6.07 Å². The molecule has 2 aromatic rings. The van der Waals surface area contributed by atoms with Gasteiger partial charge in [0.05, 0.1) is 25.1 Å². The zero-order valence-corrected chi connectivity index (χ0v) is 10.8. The summed E-state index contributed by atoms with van der Waals surface area (Å²) in [6.07, 6.45) is 2.88. The molecule has 2 rings (SSSR count). The lowest BCUT2D eigenvalue weighted by Gasteiger charge is -2.06. The largest absolute Gasteiger partial charge is 0.465 e. The SMILES string of the molecule is COC(=O)c1cccc(CNc2cnc(C#N)cn2)c1. The van der Waals surface area contributed by atoms with E-state index >= 15 is 0 Å². The molecule has 1 N–H and O–H groups in total. The van der Waals surface area contributed by atoms with Crippen LogP contribution < -0.4 is 5.32 Å². The van der Waals surface area contributed by atoms with Crippen LogP contribution in [0.1, 0.15) is 21.6 Å². The topological polar surface area (TPSA) is 87.9 Å². The van der Waals surface area contributed by atoms with Gasteiger partial charge in [-0.1, -0.05) is 12.1 Å². The van der Waals surface area contributed by atoms with Crippen molar-refractivity contribution in [2.24, 2.45) is 0 Å². The van der Waals surface area contributed by atoms with Gasteiger partial charge in [-0.3, -0.25) is 0 Å². The predicted molar refractivity (Wildman–Crippen MR) is 71.9 cm³/mol. The third-order valence-electron chi connectivity index (χ3n) is 2.59. The number of aromatic nitrogens is 2. The molecular formula is C14H12N4O2. The van der Waals surface area contributed by atoms with Crippen LogP contribution in [0.5, 0.6) is 0 Å². The molecule has 6 nitrogen and oxygen atoms in total. The summed E-state index contributed by atoms with van der Waals surface area (Å²) < 4.78 is 4.67. The fourth-order valence-electron chi connectivity index (χ4n) is 1.60. The van der Waals surface area contributed by atoms with Gasteiger partial charge < -0.3 is 10.1 Å². The maximum atomic E-state index is 11.4. The molecule has 0 saturated carbocycles. The zero-order chi connectivity index (χ0) is 14.4.